The molecule has 0 saturated heterocycles. The summed E-state index contributed by atoms with van der Waals surface area (Å²) in [6, 6.07) is 2.72. The van der Waals surface area contributed by atoms with Crippen molar-refractivity contribution in [2.75, 3.05) is 0 Å². The van der Waals surface area contributed by atoms with Gasteiger partial charge in [0.1, 0.15) is 11.6 Å². The maximum atomic E-state index is 14.3. The Balaban J connectivity index is 0.000000855. The summed E-state index contributed by atoms with van der Waals surface area (Å²) < 4.78 is 54.9. The van der Waals surface area contributed by atoms with Crippen LogP contribution in [0, 0.1) is 41.8 Å². The van der Waals surface area contributed by atoms with Crippen molar-refractivity contribution in [3.05, 3.63) is 29.1 Å². The number of alkyl halides is 3. The van der Waals surface area contributed by atoms with Gasteiger partial charge in [0.25, 0.3) is 5.92 Å². The topological polar surface area (TPSA) is 53.3 Å². The van der Waals surface area contributed by atoms with E-state index in [0.717, 1.165) is 11.6 Å². The predicted octanol–water partition coefficient (Wildman–Crippen LogP) is 8.57. The van der Waals surface area contributed by atoms with Crippen molar-refractivity contribution in [2.45, 2.75) is 103 Å². The second kappa shape index (κ2) is 12.2. The summed E-state index contributed by atoms with van der Waals surface area (Å²) in [7, 11) is 0. The third-order valence-corrected chi connectivity index (χ3v) is 7.57. The molecule has 0 radical (unpaired) electrons. The van der Waals surface area contributed by atoms with Gasteiger partial charge < -0.3 is 5.41 Å². The number of nitrogens with zero attached hydrogens (tertiary/aromatic N) is 1. The zero-order valence-corrected chi connectivity index (χ0v) is 21.8. The molecule has 3 nitrogen and oxygen atoms in total. The van der Waals surface area contributed by atoms with E-state index in [0.29, 0.717) is 36.2 Å². The highest BCUT2D eigenvalue weighted by molar-refractivity contribution is 6.01. The maximum absolute atomic E-state index is 14.3. The Morgan fingerprint density at radius 1 is 1.25 bits per heavy atom. The zero-order valence-electron chi connectivity index (χ0n) is 21.8. The summed E-state index contributed by atoms with van der Waals surface area (Å²) in [6.07, 6.45) is 11.4. The number of aliphatic imine (C=N–C) groups is 1. The molecule has 2 aliphatic rings. The summed E-state index contributed by atoms with van der Waals surface area (Å²) in [4.78, 5) is 16.4. The van der Waals surface area contributed by atoms with E-state index < -0.39 is 29.7 Å². The fourth-order valence-corrected chi connectivity index (χ4v) is 4.75. The Hall–Kier alpha value is -2.49. The average Bonchev–Trinajstić information content (AvgIpc) is 2.81. The average molecular weight is 509 g/mol. The second-order valence-electron chi connectivity index (χ2n) is 10.7. The van der Waals surface area contributed by atoms with Gasteiger partial charge in [-0.3, -0.25) is 4.79 Å². The highest BCUT2D eigenvalue weighted by Gasteiger charge is 2.68. The summed E-state index contributed by atoms with van der Waals surface area (Å²) in [5, 5.41) is 7.30. The fraction of sp³-hybridized carbons (Fsp3) is 0.621. The first-order valence-corrected chi connectivity index (χ1v) is 12.7. The number of halogens is 4. The Morgan fingerprint density at radius 3 is 2.33 bits per heavy atom. The molecule has 3 rings (SSSR count). The van der Waals surface area contributed by atoms with Crippen LogP contribution < -0.4 is 0 Å². The van der Waals surface area contributed by atoms with Crippen LogP contribution in [0.15, 0.2) is 17.1 Å². The van der Waals surface area contributed by atoms with Gasteiger partial charge >= 0.3 is 0 Å². The molecular formula is C29H40F4N2O. The molecular weight excluding hydrogens is 468 g/mol. The van der Waals surface area contributed by atoms with Crippen molar-refractivity contribution in [3.63, 3.8) is 0 Å². The number of carbonyl (C=O) groups excluding carboxylic acids is 1. The summed E-state index contributed by atoms with van der Waals surface area (Å²) >= 11 is 0. The van der Waals surface area contributed by atoms with Crippen molar-refractivity contribution in [3.8, 4) is 12.3 Å². The van der Waals surface area contributed by atoms with Gasteiger partial charge in [-0.05, 0) is 68.6 Å². The minimum Gasteiger partial charge on any atom is -0.308 e. The third kappa shape index (κ3) is 7.05. The van der Waals surface area contributed by atoms with Gasteiger partial charge in [-0.1, -0.05) is 33.1 Å². The molecule has 0 spiro atoms. The van der Waals surface area contributed by atoms with Crippen LogP contribution >= 0.6 is 0 Å². The molecule has 36 heavy (non-hydrogen) atoms. The van der Waals surface area contributed by atoms with Gasteiger partial charge in [-0.25, -0.2) is 22.6 Å². The van der Waals surface area contributed by atoms with Gasteiger partial charge in [-0.2, -0.15) is 0 Å². The summed E-state index contributed by atoms with van der Waals surface area (Å²) in [6.45, 7) is 7.69. The molecule has 1 N–H and O–H groups in total. The van der Waals surface area contributed by atoms with Crippen LogP contribution in [0.2, 0.25) is 0 Å². The molecule has 2 saturated carbocycles. The van der Waals surface area contributed by atoms with E-state index in [1.165, 1.54) is 38.3 Å². The number of hydrogen-bond donors (Lipinski definition) is 1. The van der Waals surface area contributed by atoms with E-state index in [1.807, 2.05) is 0 Å². The van der Waals surface area contributed by atoms with Crippen LogP contribution in [0.5, 0.6) is 0 Å². The number of nitrogens with one attached hydrogen (secondary N) is 1. The van der Waals surface area contributed by atoms with Crippen molar-refractivity contribution >= 4 is 23.4 Å². The van der Waals surface area contributed by atoms with Crippen LogP contribution in [0.3, 0.4) is 0 Å². The number of benzene rings is 1. The first-order valence-electron chi connectivity index (χ1n) is 12.7. The molecule has 0 aliphatic heterocycles. The predicted molar refractivity (Wildman–Crippen MR) is 140 cm³/mol. The molecule has 1 aromatic carbocycles. The van der Waals surface area contributed by atoms with Crippen LogP contribution in [0.4, 0.5) is 23.2 Å². The molecule has 0 heterocycles. The van der Waals surface area contributed by atoms with Crippen molar-refractivity contribution in [2.24, 2.45) is 16.3 Å². The molecule has 2 fully saturated rings. The molecule has 7 heteroatoms. The highest BCUT2D eigenvalue weighted by atomic mass is 19.3. The molecule has 2 aliphatic carbocycles. The molecule has 1 aromatic rings. The van der Waals surface area contributed by atoms with E-state index in [1.54, 1.807) is 6.92 Å². The normalized spacial score (nSPS) is 23.9. The number of rotatable bonds is 10. The van der Waals surface area contributed by atoms with Crippen LogP contribution in [0.1, 0.15) is 97.5 Å². The summed E-state index contributed by atoms with van der Waals surface area (Å²) in [5.41, 5.74) is -0.287. The first kappa shape index (κ1) is 29.7. The summed E-state index contributed by atoms with van der Waals surface area (Å²) in [5.74, 6) is -2.52. The van der Waals surface area contributed by atoms with Crippen LogP contribution in [-0.2, 0) is 4.79 Å². The van der Waals surface area contributed by atoms with E-state index in [4.69, 9.17) is 11.8 Å². The van der Waals surface area contributed by atoms with E-state index in [2.05, 4.69) is 24.8 Å². The lowest BCUT2D eigenvalue weighted by molar-refractivity contribution is -0.252. The monoisotopic (exact) mass is 508 g/mol. The SMILES string of the molecule is C#CC(CCCCC(=O)CC1CC(F)(F)C1(F)CC)=Nc1ccc(F)c(C=N)c1C.CC1(C)CCC1.[HH]. The minimum absolute atomic E-state index is 0. The van der Waals surface area contributed by atoms with Gasteiger partial charge in [0, 0.05) is 38.4 Å². The molecule has 0 aromatic heterocycles. The zero-order chi connectivity index (χ0) is 27.1. The first-order chi connectivity index (χ1) is 16.8. The molecule has 200 valence electrons. The quantitative estimate of drug-likeness (QED) is 0.146. The largest absolute Gasteiger partial charge is 0.308 e. The number of hydrogen-bond acceptors (Lipinski definition) is 3. The minimum atomic E-state index is -3.35. The van der Waals surface area contributed by atoms with Crippen molar-refractivity contribution in [1.82, 2.24) is 0 Å². The lowest BCUT2D eigenvalue weighted by Gasteiger charge is -2.49. The fourth-order valence-electron chi connectivity index (χ4n) is 4.75. The maximum Gasteiger partial charge on any atom is 0.282 e. The van der Waals surface area contributed by atoms with Gasteiger partial charge in [0.05, 0.1) is 11.4 Å². The lowest BCUT2D eigenvalue weighted by atomic mass is 9.64. The smallest absolute Gasteiger partial charge is 0.282 e. The van der Waals surface area contributed by atoms with E-state index >= 15 is 0 Å². The Kier molecular flexibility index (Phi) is 10.0. The number of ketones is 1. The number of unbranched alkanes of at least 4 members (excludes halogenated alkanes) is 1. The lowest BCUT2D eigenvalue weighted by Crippen LogP contribution is -2.61. The second-order valence-corrected chi connectivity index (χ2v) is 10.7. The highest BCUT2D eigenvalue weighted by Crippen LogP contribution is 2.57. The van der Waals surface area contributed by atoms with Crippen molar-refractivity contribution < 1.29 is 23.8 Å². The molecule has 2 atom stereocenters. The Bertz CT molecular complexity index is 1030. The van der Waals surface area contributed by atoms with Crippen LogP contribution in [-0.4, -0.2) is 29.3 Å². The van der Waals surface area contributed by atoms with E-state index in [9.17, 15) is 22.4 Å². The van der Waals surface area contributed by atoms with Crippen LogP contribution in [0.25, 0.3) is 0 Å². The standard InChI is InChI=1S/C23H26F4N2O.C6H12.H2/c1-4-17(29-21-11-10-20(24)19(14-28)15(21)3)8-6-7-9-18(30)12-16-13-23(26,27)22(16,25)5-2;1-6(2)4-3-5-6;/h1,10-11,14,16,28H,5-9,12-13H2,2-3H3;3-5H2,1-2H3;1H. The van der Waals surface area contributed by atoms with Crippen molar-refractivity contribution in [1.29, 1.82) is 5.41 Å². The Morgan fingerprint density at radius 2 is 1.86 bits per heavy atom. The number of carbonyl (C=O) groups is 1. The van der Waals surface area contributed by atoms with E-state index in [-0.39, 0.29) is 32.0 Å². The molecule has 2 unspecified atom stereocenters. The van der Waals surface area contributed by atoms with Gasteiger partial charge in [0.2, 0.25) is 0 Å². The van der Waals surface area contributed by atoms with Gasteiger partial charge in [-0.15, -0.1) is 6.42 Å². The molecule has 0 bridgehead atoms. The number of terminal acetylenes is 1. The molecule has 0 amide bonds. The third-order valence-electron chi connectivity index (χ3n) is 7.57. The number of Topliss-reactive ketones (excluding diaryl/α,β-unsaturated/α-hetero) is 1. The Labute approximate surface area is 214 Å². The van der Waals surface area contributed by atoms with Gasteiger partial charge in [0.15, 0.2) is 5.67 Å².